The summed E-state index contributed by atoms with van der Waals surface area (Å²) < 4.78 is 1.72. The lowest BCUT2D eigenvalue weighted by atomic mass is 10.1. The third-order valence-corrected chi connectivity index (χ3v) is 3.30. The Morgan fingerprint density at radius 1 is 1.09 bits per heavy atom. The Kier molecular flexibility index (Phi) is 4.46. The number of halogens is 1. The second-order valence-corrected chi connectivity index (χ2v) is 5.07. The van der Waals surface area contributed by atoms with Gasteiger partial charge >= 0.3 is 0 Å². The number of hydrogen-bond acceptors (Lipinski definition) is 4. The Hall–Kier alpha value is -2.66. The van der Waals surface area contributed by atoms with Crippen LogP contribution in [-0.2, 0) is 6.54 Å². The first-order chi connectivity index (χ1) is 10.8. The predicted octanol–water partition coefficient (Wildman–Crippen LogP) is 3.45. The molecule has 0 spiro atoms. The molecular weight excluding hydrogens is 298 g/mol. The van der Waals surface area contributed by atoms with Gasteiger partial charge in [0.05, 0.1) is 17.9 Å². The lowest BCUT2D eigenvalue weighted by Crippen LogP contribution is -2.14. The number of nitrogens with one attached hydrogen (secondary N) is 1. The lowest BCUT2D eigenvalue weighted by molar-refractivity contribution is 0.721. The van der Waals surface area contributed by atoms with E-state index in [4.69, 9.17) is 11.6 Å². The van der Waals surface area contributed by atoms with Crippen LogP contribution < -0.4 is 5.43 Å². The number of rotatable bonds is 5. The van der Waals surface area contributed by atoms with Gasteiger partial charge in [-0.05, 0) is 29.8 Å². The predicted molar refractivity (Wildman–Crippen MR) is 88.1 cm³/mol. The largest absolute Gasteiger partial charge is 0.278 e. The zero-order chi connectivity index (χ0) is 15.2. The maximum absolute atomic E-state index is 5.95. The van der Waals surface area contributed by atoms with Crippen molar-refractivity contribution in [3.05, 3.63) is 77.8 Å². The molecule has 5 nitrogen and oxygen atoms in total. The maximum Gasteiger partial charge on any atom is 0.137 e. The fourth-order valence-electron chi connectivity index (χ4n) is 1.95. The molecule has 1 N–H and O–H groups in total. The van der Waals surface area contributed by atoms with Crippen molar-refractivity contribution in [2.24, 2.45) is 5.10 Å². The number of hydrazone groups is 1. The molecule has 110 valence electrons. The molecule has 0 radical (unpaired) electrons. The van der Waals surface area contributed by atoms with E-state index in [9.17, 15) is 0 Å². The molecule has 0 aliphatic heterocycles. The van der Waals surface area contributed by atoms with Gasteiger partial charge in [-0.1, -0.05) is 41.9 Å². The molecule has 0 atom stereocenters. The summed E-state index contributed by atoms with van der Waals surface area (Å²) >= 11 is 5.95. The van der Waals surface area contributed by atoms with E-state index in [0.717, 1.165) is 17.0 Å². The van der Waals surface area contributed by atoms with E-state index in [0.29, 0.717) is 11.6 Å². The van der Waals surface area contributed by atoms with Gasteiger partial charge in [0.2, 0.25) is 0 Å². The van der Waals surface area contributed by atoms with Gasteiger partial charge in [0.1, 0.15) is 12.7 Å². The van der Waals surface area contributed by atoms with Crippen LogP contribution in [0.5, 0.6) is 0 Å². The van der Waals surface area contributed by atoms with E-state index in [2.05, 4.69) is 20.6 Å². The van der Waals surface area contributed by atoms with Gasteiger partial charge in [0, 0.05) is 5.02 Å². The molecule has 0 unspecified atom stereocenters. The fourth-order valence-corrected chi connectivity index (χ4v) is 2.07. The number of nitrogens with zero attached hydrogens (tertiary/aromatic N) is 4. The molecule has 0 saturated carbocycles. The SMILES string of the molecule is Clc1ccc(C(Cn2cncn2)=NNc2ccccc2)cc1. The molecule has 0 aliphatic carbocycles. The van der Waals surface area contributed by atoms with E-state index in [1.54, 1.807) is 11.0 Å². The Morgan fingerprint density at radius 2 is 1.86 bits per heavy atom. The minimum Gasteiger partial charge on any atom is -0.278 e. The van der Waals surface area contributed by atoms with Gasteiger partial charge in [-0.2, -0.15) is 10.2 Å². The summed E-state index contributed by atoms with van der Waals surface area (Å²) in [7, 11) is 0. The average Bonchev–Trinajstić information content (AvgIpc) is 3.06. The summed E-state index contributed by atoms with van der Waals surface area (Å²) in [6.07, 6.45) is 3.16. The Labute approximate surface area is 133 Å². The molecule has 2 aromatic carbocycles. The third kappa shape index (κ3) is 3.71. The number of para-hydroxylation sites is 1. The highest BCUT2D eigenvalue weighted by molar-refractivity contribution is 6.30. The zero-order valence-electron chi connectivity index (χ0n) is 11.7. The van der Waals surface area contributed by atoms with Crippen LogP contribution in [0.25, 0.3) is 0 Å². The second kappa shape index (κ2) is 6.87. The Morgan fingerprint density at radius 3 is 2.55 bits per heavy atom. The van der Waals surface area contributed by atoms with Crippen LogP contribution in [0.2, 0.25) is 5.02 Å². The van der Waals surface area contributed by atoms with Gasteiger partial charge in [-0.25, -0.2) is 9.67 Å². The van der Waals surface area contributed by atoms with Crippen LogP contribution in [-0.4, -0.2) is 20.5 Å². The van der Waals surface area contributed by atoms with Crippen molar-refractivity contribution < 1.29 is 0 Å². The number of aromatic nitrogens is 3. The van der Waals surface area contributed by atoms with E-state index < -0.39 is 0 Å². The van der Waals surface area contributed by atoms with Crippen LogP contribution >= 0.6 is 11.6 Å². The van der Waals surface area contributed by atoms with Gasteiger partial charge in [-0.15, -0.1) is 0 Å². The Balaban J connectivity index is 1.86. The normalized spacial score (nSPS) is 11.4. The van der Waals surface area contributed by atoms with Gasteiger partial charge in [-0.3, -0.25) is 5.43 Å². The summed E-state index contributed by atoms with van der Waals surface area (Å²) in [6, 6.07) is 17.3. The third-order valence-electron chi connectivity index (χ3n) is 3.05. The smallest absolute Gasteiger partial charge is 0.137 e. The molecule has 1 aromatic heterocycles. The molecule has 0 aliphatic rings. The molecule has 0 saturated heterocycles. The number of benzene rings is 2. The number of hydrogen-bond donors (Lipinski definition) is 1. The van der Waals surface area contributed by atoms with Crippen molar-refractivity contribution >= 4 is 23.0 Å². The summed E-state index contributed by atoms with van der Waals surface area (Å²) in [5.41, 5.74) is 5.80. The monoisotopic (exact) mass is 311 g/mol. The molecular formula is C16H14ClN5. The van der Waals surface area contributed by atoms with Crippen molar-refractivity contribution in [1.29, 1.82) is 0 Å². The van der Waals surface area contributed by atoms with Crippen molar-refractivity contribution in [2.75, 3.05) is 5.43 Å². The Bertz CT molecular complexity index is 736. The molecule has 3 aromatic rings. The highest BCUT2D eigenvalue weighted by Crippen LogP contribution is 2.12. The van der Waals surface area contributed by atoms with E-state index in [1.807, 2.05) is 54.6 Å². The van der Waals surface area contributed by atoms with E-state index in [-0.39, 0.29) is 0 Å². The summed E-state index contributed by atoms with van der Waals surface area (Å²) in [6.45, 7) is 0.515. The first-order valence-electron chi connectivity index (χ1n) is 6.77. The molecule has 0 fully saturated rings. The van der Waals surface area contributed by atoms with Crippen LogP contribution in [0.3, 0.4) is 0 Å². The first kappa shape index (κ1) is 14.3. The average molecular weight is 312 g/mol. The highest BCUT2D eigenvalue weighted by atomic mass is 35.5. The fraction of sp³-hybridized carbons (Fsp3) is 0.0625. The summed E-state index contributed by atoms with van der Waals surface area (Å²) in [5.74, 6) is 0. The number of anilines is 1. The van der Waals surface area contributed by atoms with Crippen LogP contribution in [0.15, 0.2) is 72.4 Å². The van der Waals surface area contributed by atoms with Gasteiger partial charge < -0.3 is 0 Å². The quantitative estimate of drug-likeness (QED) is 0.580. The standard InChI is InChI=1S/C16H14ClN5/c17-14-8-6-13(7-9-14)16(10-22-12-18-11-19-22)21-20-15-4-2-1-3-5-15/h1-9,11-12,20H,10H2. The molecule has 3 rings (SSSR count). The topological polar surface area (TPSA) is 55.1 Å². The maximum atomic E-state index is 5.95. The molecule has 22 heavy (non-hydrogen) atoms. The summed E-state index contributed by atoms with van der Waals surface area (Å²) in [4.78, 5) is 3.96. The van der Waals surface area contributed by atoms with Crippen molar-refractivity contribution in [1.82, 2.24) is 14.8 Å². The van der Waals surface area contributed by atoms with Crippen molar-refractivity contribution in [3.63, 3.8) is 0 Å². The first-order valence-corrected chi connectivity index (χ1v) is 7.15. The molecule has 6 heteroatoms. The van der Waals surface area contributed by atoms with Crippen LogP contribution in [0.4, 0.5) is 5.69 Å². The minimum absolute atomic E-state index is 0.515. The van der Waals surface area contributed by atoms with Crippen LogP contribution in [0.1, 0.15) is 5.56 Å². The highest BCUT2D eigenvalue weighted by Gasteiger charge is 2.06. The molecule has 1 heterocycles. The van der Waals surface area contributed by atoms with Crippen LogP contribution in [0, 0.1) is 0 Å². The van der Waals surface area contributed by atoms with E-state index in [1.165, 1.54) is 6.33 Å². The molecule has 0 bridgehead atoms. The van der Waals surface area contributed by atoms with Gasteiger partial charge in [0.15, 0.2) is 0 Å². The zero-order valence-corrected chi connectivity index (χ0v) is 12.5. The van der Waals surface area contributed by atoms with Crippen molar-refractivity contribution in [2.45, 2.75) is 6.54 Å². The minimum atomic E-state index is 0.515. The van der Waals surface area contributed by atoms with E-state index >= 15 is 0 Å². The lowest BCUT2D eigenvalue weighted by Gasteiger charge is -2.08. The van der Waals surface area contributed by atoms with Crippen molar-refractivity contribution in [3.8, 4) is 0 Å². The second-order valence-electron chi connectivity index (χ2n) is 4.64. The molecule has 0 amide bonds. The van der Waals surface area contributed by atoms with Gasteiger partial charge in [0.25, 0.3) is 0 Å². The summed E-state index contributed by atoms with van der Waals surface area (Å²) in [5, 5.41) is 9.32.